The molecule has 26 heavy (non-hydrogen) atoms. The summed E-state index contributed by atoms with van der Waals surface area (Å²) in [5, 5.41) is 32.8. The van der Waals surface area contributed by atoms with E-state index in [0.717, 1.165) is 5.69 Å². The molecular weight excluding hydrogens is 334 g/mol. The number of nitrogens with one attached hydrogen (secondary N) is 1. The molecule has 8 heteroatoms. The Bertz CT molecular complexity index is 910. The molecule has 0 saturated carbocycles. The van der Waals surface area contributed by atoms with E-state index in [1.165, 1.54) is 18.2 Å². The minimum absolute atomic E-state index is 0.0642. The van der Waals surface area contributed by atoms with Crippen molar-refractivity contribution in [3.63, 3.8) is 0 Å². The third-order valence-corrected chi connectivity index (χ3v) is 3.44. The smallest absolute Gasteiger partial charge is 0.311 e. The van der Waals surface area contributed by atoms with Gasteiger partial charge in [-0.25, -0.2) is 0 Å². The fourth-order valence-corrected chi connectivity index (χ4v) is 2.15. The average Bonchev–Trinajstić information content (AvgIpc) is 2.61. The zero-order chi connectivity index (χ0) is 19.1. The summed E-state index contributed by atoms with van der Waals surface area (Å²) in [5.41, 5.74) is 7.07. The highest BCUT2D eigenvalue weighted by Gasteiger charge is 2.14. The number of hydrogen-bond donors (Lipinski definition) is 3. The number of aliphatic imine (C=N–C) groups is 1. The highest BCUT2D eigenvalue weighted by Crippen LogP contribution is 2.26. The summed E-state index contributed by atoms with van der Waals surface area (Å²) in [4.78, 5) is 14.6. The van der Waals surface area contributed by atoms with Gasteiger partial charge >= 0.3 is 5.69 Å². The number of hydrogen-bond acceptors (Lipinski definition) is 6. The Hall–Kier alpha value is -3.86. The van der Waals surface area contributed by atoms with Crippen molar-refractivity contribution in [1.82, 2.24) is 0 Å². The summed E-state index contributed by atoms with van der Waals surface area (Å²) in [6.45, 7) is 1.65. The Balaban J connectivity index is 2.37. The second kappa shape index (κ2) is 8.30. The summed E-state index contributed by atoms with van der Waals surface area (Å²) >= 11 is 0. The van der Waals surface area contributed by atoms with E-state index in [2.05, 4.69) is 10.3 Å². The van der Waals surface area contributed by atoms with Crippen LogP contribution in [0, 0.1) is 21.4 Å². The van der Waals surface area contributed by atoms with Crippen molar-refractivity contribution in [2.24, 2.45) is 10.7 Å². The summed E-state index contributed by atoms with van der Waals surface area (Å²) in [7, 11) is 0. The molecule has 0 fully saturated rings. The van der Waals surface area contributed by atoms with Crippen LogP contribution in [0.5, 0.6) is 5.75 Å². The predicted molar refractivity (Wildman–Crippen MR) is 98.5 cm³/mol. The lowest BCUT2D eigenvalue weighted by atomic mass is 10.1. The van der Waals surface area contributed by atoms with Gasteiger partial charge in [0.1, 0.15) is 17.5 Å². The van der Waals surface area contributed by atoms with Crippen molar-refractivity contribution in [2.75, 3.05) is 5.32 Å². The molecule has 0 heterocycles. The fourth-order valence-electron chi connectivity index (χ4n) is 2.15. The van der Waals surface area contributed by atoms with Gasteiger partial charge in [-0.15, -0.1) is 0 Å². The van der Waals surface area contributed by atoms with E-state index in [1.807, 2.05) is 36.4 Å². The maximum atomic E-state index is 10.9. The average molecular weight is 351 g/mol. The first-order valence-electron chi connectivity index (χ1n) is 7.62. The van der Waals surface area contributed by atoms with Gasteiger partial charge in [-0.05, 0) is 30.7 Å². The zero-order valence-electron chi connectivity index (χ0n) is 14.0. The van der Waals surface area contributed by atoms with Crippen LogP contribution in [0.25, 0.3) is 0 Å². The van der Waals surface area contributed by atoms with Crippen molar-refractivity contribution in [3.05, 3.63) is 75.5 Å². The van der Waals surface area contributed by atoms with Crippen molar-refractivity contribution in [2.45, 2.75) is 13.5 Å². The molecule has 0 aromatic heterocycles. The first-order valence-corrected chi connectivity index (χ1v) is 7.62. The Kier molecular flexibility index (Phi) is 5.90. The van der Waals surface area contributed by atoms with Crippen molar-refractivity contribution in [1.29, 1.82) is 5.26 Å². The second-order valence-corrected chi connectivity index (χ2v) is 5.41. The number of nitro benzene ring substituents is 1. The number of aromatic hydroxyl groups is 1. The van der Waals surface area contributed by atoms with Gasteiger partial charge in [0.25, 0.3) is 0 Å². The largest absolute Gasteiger partial charge is 0.502 e. The maximum Gasteiger partial charge on any atom is 0.311 e. The molecule has 0 amide bonds. The SMILES string of the molecule is CC(N)=C(C#N)C(=NCc1ccc(O)c([N+](=O)[O-])c1)Nc1ccccc1. The molecule has 2 rings (SSSR count). The van der Waals surface area contributed by atoms with Crippen LogP contribution in [0.4, 0.5) is 11.4 Å². The van der Waals surface area contributed by atoms with Crippen LogP contribution < -0.4 is 11.1 Å². The molecule has 0 aliphatic carbocycles. The molecule has 0 unspecified atom stereocenters. The summed E-state index contributed by atoms with van der Waals surface area (Å²) in [6.07, 6.45) is 0. The number of phenolic OH excluding ortho intramolecular Hbond substituents is 1. The molecule has 2 aromatic rings. The van der Waals surface area contributed by atoms with E-state index in [-0.39, 0.29) is 18.0 Å². The zero-order valence-corrected chi connectivity index (χ0v) is 14.0. The van der Waals surface area contributed by atoms with E-state index in [9.17, 15) is 20.5 Å². The topological polar surface area (TPSA) is 138 Å². The first kappa shape index (κ1) is 18.5. The normalized spacial score (nSPS) is 12.1. The van der Waals surface area contributed by atoms with Gasteiger partial charge in [-0.2, -0.15) is 5.26 Å². The molecule has 0 aliphatic heterocycles. The summed E-state index contributed by atoms with van der Waals surface area (Å²) in [6, 6.07) is 15.1. The number of para-hydroxylation sites is 1. The second-order valence-electron chi connectivity index (χ2n) is 5.41. The van der Waals surface area contributed by atoms with Gasteiger partial charge in [0, 0.05) is 17.5 Å². The number of rotatable bonds is 5. The molecule has 132 valence electrons. The van der Waals surface area contributed by atoms with Crippen LogP contribution in [0.1, 0.15) is 12.5 Å². The van der Waals surface area contributed by atoms with Gasteiger partial charge in [-0.1, -0.05) is 24.3 Å². The standard InChI is InChI=1S/C18H17N5O3/c1-12(20)15(10-19)18(22-14-5-3-2-4-6-14)21-11-13-7-8-17(24)16(9-13)23(25)26/h2-9,24H,11,20H2,1H3,(H,21,22). The number of amidine groups is 1. The van der Waals surface area contributed by atoms with Crippen LogP contribution in [0.3, 0.4) is 0 Å². The Labute approximate surface area is 150 Å². The highest BCUT2D eigenvalue weighted by atomic mass is 16.6. The molecule has 0 saturated heterocycles. The van der Waals surface area contributed by atoms with E-state index >= 15 is 0 Å². The quantitative estimate of drug-likeness (QED) is 0.249. The number of nitrogens with two attached hydrogens (primary N) is 1. The van der Waals surface area contributed by atoms with Gasteiger partial charge in [0.2, 0.25) is 0 Å². The molecular formula is C18H17N5O3. The number of nitro groups is 1. The van der Waals surface area contributed by atoms with Crippen molar-refractivity contribution >= 4 is 17.2 Å². The van der Waals surface area contributed by atoms with Crippen LogP contribution in [-0.2, 0) is 6.54 Å². The molecule has 0 spiro atoms. The van der Waals surface area contributed by atoms with Crippen LogP contribution in [0.2, 0.25) is 0 Å². The number of nitriles is 1. The van der Waals surface area contributed by atoms with Gasteiger partial charge in [0.15, 0.2) is 5.75 Å². The third-order valence-electron chi connectivity index (χ3n) is 3.44. The molecule has 8 nitrogen and oxygen atoms in total. The number of nitrogens with zero attached hydrogens (tertiary/aromatic N) is 3. The molecule has 0 radical (unpaired) electrons. The monoisotopic (exact) mass is 351 g/mol. The molecule has 4 N–H and O–H groups in total. The molecule has 2 aromatic carbocycles. The Morgan fingerprint density at radius 3 is 2.62 bits per heavy atom. The van der Waals surface area contributed by atoms with Crippen LogP contribution in [0.15, 0.2) is 64.8 Å². The van der Waals surface area contributed by atoms with Gasteiger partial charge < -0.3 is 16.2 Å². The third kappa shape index (κ3) is 4.58. The number of phenols is 1. The van der Waals surface area contributed by atoms with Crippen LogP contribution >= 0.6 is 0 Å². The Morgan fingerprint density at radius 1 is 1.35 bits per heavy atom. The van der Waals surface area contributed by atoms with E-state index in [4.69, 9.17) is 5.73 Å². The summed E-state index contributed by atoms with van der Waals surface area (Å²) in [5.74, 6) is -0.157. The van der Waals surface area contributed by atoms with Gasteiger partial charge in [-0.3, -0.25) is 15.1 Å². The minimum atomic E-state index is -0.670. The molecule has 0 aliphatic rings. The van der Waals surface area contributed by atoms with Crippen LogP contribution in [-0.4, -0.2) is 15.9 Å². The van der Waals surface area contributed by atoms with Crippen molar-refractivity contribution in [3.8, 4) is 11.8 Å². The van der Waals surface area contributed by atoms with Gasteiger partial charge in [0.05, 0.1) is 11.5 Å². The number of allylic oxidation sites excluding steroid dienone is 1. The lowest BCUT2D eigenvalue weighted by molar-refractivity contribution is -0.385. The highest BCUT2D eigenvalue weighted by molar-refractivity contribution is 6.10. The Morgan fingerprint density at radius 2 is 2.04 bits per heavy atom. The fraction of sp³-hybridized carbons (Fsp3) is 0.111. The minimum Gasteiger partial charge on any atom is -0.502 e. The van der Waals surface area contributed by atoms with E-state index < -0.39 is 16.4 Å². The first-order chi connectivity index (χ1) is 12.4. The predicted octanol–water partition coefficient (Wildman–Crippen LogP) is 3.07. The lowest BCUT2D eigenvalue weighted by Gasteiger charge is -2.10. The van der Waals surface area contributed by atoms with E-state index in [0.29, 0.717) is 11.3 Å². The lowest BCUT2D eigenvalue weighted by Crippen LogP contribution is -2.18. The molecule has 0 atom stereocenters. The maximum absolute atomic E-state index is 10.9. The summed E-state index contributed by atoms with van der Waals surface area (Å²) < 4.78 is 0. The molecule has 0 bridgehead atoms. The van der Waals surface area contributed by atoms with Crippen molar-refractivity contribution < 1.29 is 10.0 Å². The number of anilines is 1. The van der Waals surface area contributed by atoms with E-state index in [1.54, 1.807) is 6.92 Å². The number of benzene rings is 2.